The van der Waals surface area contributed by atoms with Gasteiger partial charge in [0.25, 0.3) is 5.78 Å². The number of nitrogens with zero attached hydrogens (tertiary/aromatic N) is 2. The zero-order valence-corrected chi connectivity index (χ0v) is 21.8. The summed E-state index contributed by atoms with van der Waals surface area (Å²) in [4.78, 5) is 33.3. The third kappa shape index (κ3) is 3.86. The molecule has 1 saturated heterocycles. The second kappa shape index (κ2) is 9.18. The number of carbonyl (C=O) groups excluding carboxylic acids is 2. The molecule has 1 atom stereocenters. The highest BCUT2D eigenvalue weighted by Gasteiger charge is 2.48. The zero-order chi connectivity index (χ0) is 26.6. The highest BCUT2D eigenvalue weighted by molar-refractivity contribution is 7.22. The van der Waals surface area contributed by atoms with Gasteiger partial charge in [0, 0.05) is 5.56 Å². The number of hydrogen-bond acceptors (Lipinski definition) is 8. The number of carbonyl (C=O) groups is 2. The number of Topliss-reactive ketones (excluding diaryl/α,β-unsaturated/α-hetero) is 1. The number of methoxy groups -OCH3 is 1. The summed E-state index contributed by atoms with van der Waals surface area (Å²) >= 11 is 1.33. The summed E-state index contributed by atoms with van der Waals surface area (Å²) in [5, 5.41) is 11.9. The third-order valence-electron chi connectivity index (χ3n) is 6.69. The molecule has 0 radical (unpaired) electrons. The Labute approximate surface area is 222 Å². The van der Waals surface area contributed by atoms with Crippen molar-refractivity contribution in [1.82, 2.24) is 4.98 Å². The zero-order valence-electron chi connectivity index (χ0n) is 21.0. The monoisotopic (exact) mass is 528 g/mol. The fourth-order valence-corrected chi connectivity index (χ4v) is 6.13. The predicted octanol–water partition coefficient (Wildman–Crippen LogP) is 5.32. The predicted molar refractivity (Wildman–Crippen MR) is 144 cm³/mol. The molecule has 3 heterocycles. The minimum absolute atomic E-state index is 0.0351. The largest absolute Gasteiger partial charge is 0.507 e. The minimum Gasteiger partial charge on any atom is -0.507 e. The smallest absolute Gasteiger partial charge is 0.301 e. The molecule has 3 aromatic carbocycles. The molecule has 1 unspecified atom stereocenters. The Hall–Kier alpha value is -4.37. The maximum absolute atomic E-state index is 13.6. The van der Waals surface area contributed by atoms with Crippen molar-refractivity contribution in [2.45, 2.75) is 19.9 Å². The molecular weight excluding hydrogens is 504 g/mol. The van der Waals surface area contributed by atoms with Crippen molar-refractivity contribution in [2.24, 2.45) is 0 Å². The molecule has 192 valence electrons. The molecule has 1 aromatic heterocycles. The lowest BCUT2D eigenvalue weighted by molar-refractivity contribution is -0.132. The highest BCUT2D eigenvalue weighted by atomic mass is 32.1. The Bertz CT molecular complexity index is 1660. The van der Waals surface area contributed by atoms with E-state index in [1.54, 1.807) is 49.6 Å². The van der Waals surface area contributed by atoms with Crippen LogP contribution in [0.15, 0.2) is 60.2 Å². The fraction of sp³-hybridized carbons (Fsp3) is 0.207. The summed E-state index contributed by atoms with van der Waals surface area (Å²) in [6.07, 6.45) is 0. The molecule has 0 spiro atoms. The van der Waals surface area contributed by atoms with Gasteiger partial charge in [-0.05, 0) is 66.9 Å². The van der Waals surface area contributed by atoms with Crippen molar-refractivity contribution >= 4 is 44.1 Å². The van der Waals surface area contributed by atoms with Gasteiger partial charge < -0.3 is 19.3 Å². The standard InChI is InChI=1S/C29H24N2O6S/c1-15-11-16(2)24-22(12-15)38-29(30-24)31-25(17-5-4-6-19(13-17)35-3)23(27(33)28(31)34)26(32)18-7-8-20-21(14-18)37-10-9-36-20/h4-8,11-14,25,32H,9-10H2,1-3H3. The number of rotatable bonds is 4. The molecule has 6 rings (SSSR count). The molecule has 0 saturated carbocycles. The van der Waals surface area contributed by atoms with Crippen molar-refractivity contribution in [1.29, 1.82) is 0 Å². The number of benzene rings is 3. The number of aromatic nitrogens is 1. The Morgan fingerprint density at radius 2 is 1.84 bits per heavy atom. The lowest BCUT2D eigenvalue weighted by Gasteiger charge is -2.23. The van der Waals surface area contributed by atoms with Crippen molar-refractivity contribution in [3.63, 3.8) is 0 Å². The van der Waals surface area contributed by atoms with Crippen LogP contribution in [0.2, 0.25) is 0 Å². The topological polar surface area (TPSA) is 98.2 Å². The van der Waals surface area contributed by atoms with E-state index in [0.717, 1.165) is 21.3 Å². The summed E-state index contributed by atoms with van der Waals surface area (Å²) in [7, 11) is 1.55. The van der Waals surface area contributed by atoms with Gasteiger partial charge in [-0.15, -0.1) is 0 Å². The van der Waals surface area contributed by atoms with Crippen molar-refractivity contribution < 1.29 is 28.9 Å². The van der Waals surface area contributed by atoms with Crippen LogP contribution >= 0.6 is 11.3 Å². The van der Waals surface area contributed by atoms with E-state index in [1.165, 1.54) is 16.2 Å². The van der Waals surface area contributed by atoms with E-state index in [0.29, 0.717) is 46.7 Å². The molecule has 1 fully saturated rings. The Kier molecular flexibility index (Phi) is 5.80. The van der Waals surface area contributed by atoms with Gasteiger partial charge in [-0.1, -0.05) is 29.5 Å². The van der Waals surface area contributed by atoms with E-state index in [2.05, 4.69) is 0 Å². The number of anilines is 1. The summed E-state index contributed by atoms with van der Waals surface area (Å²) in [5.74, 6) is -0.281. The third-order valence-corrected chi connectivity index (χ3v) is 7.70. The number of thiazole rings is 1. The molecule has 4 aromatic rings. The molecule has 0 bridgehead atoms. The summed E-state index contributed by atoms with van der Waals surface area (Å²) < 4.78 is 17.6. The van der Waals surface area contributed by atoms with Crippen LogP contribution in [0.4, 0.5) is 5.13 Å². The van der Waals surface area contributed by atoms with Gasteiger partial charge in [-0.2, -0.15) is 0 Å². The molecule has 2 aliphatic rings. The summed E-state index contributed by atoms with van der Waals surface area (Å²) in [5.41, 5.74) is 3.75. The highest BCUT2D eigenvalue weighted by Crippen LogP contribution is 2.46. The first kappa shape index (κ1) is 24.0. The minimum atomic E-state index is -0.916. The SMILES string of the molecule is COc1cccc(C2C(=C(O)c3ccc4c(c3)OCCO4)C(=O)C(=O)N2c2nc3c(C)cc(C)cc3s2)c1. The lowest BCUT2D eigenvalue weighted by atomic mass is 9.95. The van der Waals surface area contributed by atoms with Gasteiger partial charge in [-0.25, -0.2) is 4.98 Å². The van der Waals surface area contributed by atoms with Crippen LogP contribution < -0.4 is 19.1 Å². The van der Waals surface area contributed by atoms with Crippen LogP contribution in [0.3, 0.4) is 0 Å². The Morgan fingerprint density at radius 3 is 2.63 bits per heavy atom. The molecule has 2 aliphatic heterocycles. The summed E-state index contributed by atoms with van der Waals surface area (Å²) in [6.45, 7) is 4.78. The average Bonchev–Trinajstić information content (AvgIpc) is 3.46. The van der Waals surface area contributed by atoms with Crippen LogP contribution in [0.5, 0.6) is 17.2 Å². The van der Waals surface area contributed by atoms with Crippen LogP contribution in [0, 0.1) is 13.8 Å². The molecule has 0 aliphatic carbocycles. The average molecular weight is 529 g/mol. The van der Waals surface area contributed by atoms with Gasteiger partial charge >= 0.3 is 5.91 Å². The van der Waals surface area contributed by atoms with E-state index in [1.807, 2.05) is 26.0 Å². The van der Waals surface area contributed by atoms with Gasteiger partial charge in [0.15, 0.2) is 16.6 Å². The van der Waals surface area contributed by atoms with Crippen molar-refractivity contribution in [3.8, 4) is 17.2 Å². The maximum atomic E-state index is 13.6. The number of aryl methyl sites for hydroxylation is 2. The van der Waals surface area contributed by atoms with E-state index in [9.17, 15) is 14.7 Å². The number of aliphatic hydroxyl groups excluding tert-OH is 1. The van der Waals surface area contributed by atoms with Crippen LogP contribution in [0.25, 0.3) is 16.0 Å². The number of hydrogen-bond donors (Lipinski definition) is 1. The number of amides is 1. The number of aliphatic hydroxyl groups is 1. The fourth-order valence-electron chi connectivity index (χ4n) is 4.96. The first-order valence-corrected chi connectivity index (χ1v) is 12.9. The van der Waals surface area contributed by atoms with Crippen LogP contribution in [0.1, 0.15) is 28.3 Å². The summed E-state index contributed by atoms with van der Waals surface area (Å²) in [6, 6.07) is 15.2. The molecular formula is C29H24N2O6S. The maximum Gasteiger partial charge on any atom is 0.301 e. The normalized spacial score (nSPS) is 18.3. The second-order valence-corrected chi connectivity index (χ2v) is 10.2. The Morgan fingerprint density at radius 1 is 1.05 bits per heavy atom. The number of ketones is 1. The van der Waals surface area contributed by atoms with E-state index in [4.69, 9.17) is 19.2 Å². The molecule has 1 amide bonds. The van der Waals surface area contributed by atoms with Crippen LogP contribution in [-0.2, 0) is 9.59 Å². The van der Waals surface area contributed by atoms with Gasteiger partial charge in [0.1, 0.15) is 24.7 Å². The second-order valence-electron chi connectivity index (χ2n) is 9.23. The lowest BCUT2D eigenvalue weighted by Crippen LogP contribution is -2.29. The van der Waals surface area contributed by atoms with Crippen molar-refractivity contribution in [3.05, 3.63) is 82.4 Å². The van der Waals surface area contributed by atoms with E-state index >= 15 is 0 Å². The molecule has 8 nitrogen and oxygen atoms in total. The first-order chi connectivity index (χ1) is 18.4. The molecule has 9 heteroatoms. The van der Waals surface area contributed by atoms with Gasteiger partial charge in [-0.3, -0.25) is 14.5 Å². The van der Waals surface area contributed by atoms with Gasteiger partial charge in [0.2, 0.25) is 0 Å². The van der Waals surface area contributed by atoms with E-state index in [-0.39, 0.29) is 11.3 Å². The molecule has 38 heavy (non-hydrogen) atoms. The van der Waals surface area contributed by atoms with E-state index < -0.39 is 17.7 Å². The van der Waals surface area contributed by atoms with Crippen LogP contribution in [-0.4, -0.2) is 42.1 Å². The van der Waals surface area contributed by atoms with Gasteiger partial charge in [0.05, 0.1) is 28.9 Å². The number of fused-ring (bicyclic) bond motifs is 2. The quantitative estimate of drug-likeness (QED) is 0.218. The molecule has 1 N–H and O–H groups in total. The van der Waals surface area contributed by atoms with Crippen molar-refractivity contribution in [2.75, 3.05) is 25.2 Å². The number of ether oxygens (including phenoxy) is 3. The first-order valence-electron chi connectivity index (χ1n) is 12.1. The Balaban J connectivity index is 1.56.